The van der Waals surface area contributed by atoms with E-state index in [-0.39, 0.29) is 5.82 Å². The zero-order chi connectivity index (χ0) is 14.0. The van der Waals surface area contributed by atoms with E-state index in [0.717, 1.165) is 18.7 Å². The lowest BCUT2D eigenvalue weighted by molar-refractivity contribution is 0.0525. The van der Waals surface area contributed by atoms with Gasteiger partial charge in [-0.1, -0.05) is 6.92 Å². The Morgan fingerprint density at radius 3 is 2.68 bits per heavy atom. The second-order valence-corrected chi connectivity index (χ2v) is 5.26. The zero-order valence-corrected chi connectivity index (χ0v) is 11.8. The molecule has 104 valence electrons. The van der Waals surface area contributed by atoms with Gasteiger partial charge < -0.3 is 10.5 Å². The van der Waals surface area contributed by atoms with Crippen molar-refractivity contribution >= 4 is 11.8 Å². The number of nitrogens with two attached hydrogens (primary N) is 1. The Hall–Kier alpha value is -1.65. The van der Waals surface area contributed by atoms with Crippen molar-refractivity contribution in [3.05, 3.63) is 17.1 Å². The largest absolute Gasteiger partial charge is 0.462 e. The van der Waals surface area contributed by atoms with Crippen molar-refractivity contribution in [2.75, 3.05) is 12.3 Å². The Morgan fingerprint density at radius 2 is 2.16 bits per heavy atom. The Bertz CT molecular complexity index is 465. The van der Waals surface area contributed by atoms with E-state index in [9.17, 15) is 4.79 Å². The van der Waals surface area contributed by atoms with E-state index >= 15 is 0 Å². The van der Waals surface area contributed by atoms with Gasteiger partial charge in [-0.15, -0.1) is 0 Å². The summed E-state index contributed by atoms with van der Waals surface area (Å²) in [6.45, 7) is 6.10. The SMILES string of the molecule is CCOC(=O)c1c(C)nc(C2CCC(C)C2)nc1N. The van der Waals surface area contributed by atoms with E-state index in [1.165, 1.54) is 6.42 Å². The first-order valence-electron chi connectivity index (χ1n) is 6.84. The van der Waals surface area contributed by atoms with E-state index in [4.69, 9.17) is 10.5 Å². The number of nitrogen functional groups attached to an aromatic ring is 1. The number of nitrogens with zero attached hydrogens (tertiary/aromatic N) is 2. The number of carbonyl (C=O) groups excluding carboxylic acids is 1. The number of esters is 1. The van der Waals surface area contributed by atoms with Gasteiger partial charge in [0.1, 0.15) is 17.2 Å². The lowest BCUT2D eigenvalue weighted by Crippen LogP contribution is -2.15. The second kappa shape index (κ2) is 5.55. The minimum atomic E-state index is -0.441. The van der Waals surface area contributed by atoms with E-state index in [2.05, 4.69) is 16.9 Å². The van der Waals surface area contributed by atoms with Crippen molar-refractivity contribution in [3.8, 4) is 0 Å². The van der Waals surface area contributed by atoms with Gasteiger partial charge in [-0.3, -0.25) is 0 Å². The summed E-state index contributed by atoms with van der Waals surface area (Å²) in [6, 6.07) is 0. The molecule has 0 bridgehead atoms. The number of ether oxygens (including phenoxy) is 1. The molecule has 1 aliphatic rings. The van der Waals surface area contributed by atoms with Gasteiger partial charge in [0, 0.05) is 5.92 Å². The third-order valence-corrected chi connectivity index (χ3v) is 3.67. The monoisotopic (exact) mass is 263 g/mol. The Morgan fingerprint density at radius 1 is 1.42 bits per heavy atom. The highest BCUT2D eigenvalue weighted by molar-refractivity contribution is 5.95. The van der Waals surface area contributed by atoms with Crippen molar-refractivity contribution in [1.29, 1.82) is 0 Å². The lowest BCUT2D eigenvalue weighted by atomic mass is 10.0. The van der Waals surface area contributed by atoms with E-state index in [0.29, 0.717) is 29.7 Å². The van der Waals surface area contributed by atoms with Crippen LogP contribution in [0.3, 0.4) is 0 Å². The first kappa shape index (κ1) is 13.8. The summed E-state index contributed by atoms with van der Waals surface area (Å²) < 4.78 is 4.97. The van der Waals surface area contributed by atoms with Crippen molar-refractivity contribution in [2.45, 2.75) is 46.0 Å². The van der Waals surface area contributed by atoms with E-state index in [1.807, 2.05) is 0 Å². The topological polar surface area (TPSA) is 78.1 Å². The summed E-state index contributed by atoms with van der Waals surface area (Å²) in [6.07, 6.45) is 3.39. The molecule has 1 aliphatic carbocycles. The number of hydrogen-bond acceptors (Lipinski definition) is 5. The maximum atomic E-state index is 11.8. The Balaban J connectivity index is 2.29. The highest BCUT2D eigenvalue weighted by Gasteiger charge is 2.27. The molecule has 1 aromatic heterocycles. The highest BCUT2D eigenvalue weighted by Crippen LogP contribution is 2.37. The lowest BCUT2D eigenvalue weighted by Gasteiger charge is -2.13. The van der Waals surface area contributed by atoms with Crippen LogP contribution in [0.1, 0.15) is 60.9 Å². The smallest absolute Gasteiger partial charge is 0.343 e. The molecular weight excluding hydrogens is 242 g/mol. The molecule has 0 aromatic carbocycles. The summed E-state index contributed by atoms with van der Waals surface area (Å²) in [5, 5.41) is 0. The van der Waals surface area contributed by atoms with Crippen molar-refractivity contribution in [2.24, 2.45) is 5.92 Å². The van der Waals surface area contributed by atoms with Crippen LogP contribution in [0, 0.1) is 12.8 Å². The van der Waals surface area contributed by atoms with E-state index < -0.39 is 5.97 Å². The quantitative estimate of drug-likeness (QED) is 0.847. The second-order valence-electron chi connectivity index (χ2n) is 5.26. The maximum absolute atomic E-state index is 11.8. The van der Waals surface area contributed by atoms with Gasteiger partial charge in [0.25, 0.3) is 0 Å². The summed E-state index contributed by atoms with van der Waals surface area (Å²) in [4.78, 5) is 20.6. The first-order valence-corrected chi connectivity index (χ1v) is 6.84. The third-order valence-electron chi connectivity index (χ3n) is 3.67. The maximum Gasteiger partial charge on any atom is 0.343 e. The first-order chi connectivity index (χ1) is 9.02. The van der Waals surface area contributed by atoms with Crippen LogP contribution in [0.5, 0.6) is 0 Å². The average Bonchev–Trinajstić information content (AvgIpc) is 2.75. The van der Waals surface area contributed by atoms with Crippen LogP contribution in [0.4, 0.5) is 5.82 Å². The molecule has 0 radical (unpaired) electrons. The fourth-order valence-corrected chi connectivity index (χ4v) is 2.70. The molecule has 1 fully saturated rings. The molecule has 2 atom stereocenters. The number of anilines is 1. The molecule has 5 heteroatoms. The molecule has 1 heterocycles. The summed E-state index contributed by atoms with van der Waals surface area (Å²) in [5.74, 6) is 1.64. The predicted octanol–water partition coefficient (Wildman–Crippen LogP) is 2.45. The van der Waals surface area contributed by atoms with Crippen LogP contribution in [0.2, 0.25) is 0 Å². The standard InChI is InChI=1S/C14H21N3O2/c1-4-19-14(18)11-9(3)16-13(17-12(11)15)10-6-5-8(2)7-10/h8,10H,4-7H2,1-3H3,(H2,15,16,17). The number of carbonyl (C=O) groups is 1. The van der Waals surface area contributed by atoms with Crippen molar-refractivity contribution < 1.29 is 9.53 Å². The molecule has 0 spiro atoms. The van der Waals surface area contributed by atoms with Crippen LogP contribution < -0.4 is 5.73 Å². The molecule has 0 saturated heterocycles. The molecule has 1 aromatic rings. The molecule has 2 rings (SSSR count). The molecule has 2 N–H and O–H groups in total. The fourth-order valence-electron chi connectivity index (χ4n) is 2.70. The van der Waals surface area contributed by atoms with E-state index in [1.54, 1.807) is 13.8 Å². The van der Waals surface area contributed by atoms with Crippen LogP contribution in [-0.2, 0) is 4.74 Å². The van der Waals surface area contributed by atoms with Gasteiger partial charge in [-0.2, -0.15) is 0 Å². The summed E-state index contributed by atoms with van der Waals surface area (Å²) in [5.41, 5.74) is 6.82. The van der Waals surface area contributed by atoms with Crippen molar-refractivity contribution in [1.82, 2.24) is 9.97 Å². The van der Waals surface area contributed by atoms with Gasteiger partial charge >= 0.3 is 5.97 Å². The molecule has 0 aliphatic heterocycles. The third kappa shape index (κ3) is 2.85. The predicted molar refractivity (Wildman–Crippen MR) is 72.9 cm³/mol. The molecule has 19 heavy (non-hydrogen) atoms. The summed E-state index contributed by atoms with van der Waals surface area (Å²) >= 11 is 0. The minimum absolute atomic E-state index is 0.237. The van der Waals surface area contributed by atoms with Gasteiger partial charge in [-0.05, 0) is 39.0 Å². The van der Waals surface area contributed by atoms with Crippen molar-refractivity contribution in [3.63, 3.8) is 0 Å². The van der Waals surface area contributed by atoms with Gasteiger partial charge in [-0.25, -0.2) is 14.8 Å². The van der Waals surface area contributed by atoms with Gasteiger partial charge in [0.15, 0.2) is 0 Å². The fraction of sp³-hybridized carbons (Fsp3) is 0.643. The minimum Gasteiger partial charge on any atom is -0.462 e. The number of hydrogen-bond donors (Lipinski definition) is 1. The molecular formula is C14H21N3O2. The Kier molecular flexibility index (Phi) is 4.02. The van der Waals surface area contributed by atoms with Crippen LogP contribution in [0.15, 0.2) is 0 Å². The Labute approximate surface area is 113 Å². The number of aryl methyl sites for hydroxylation is 1. The number of aromatic nitrogens is 2. The van der Waals surface area contributed by atoms with Crippen LogP contribution in [0.25, 0.3) is 0 Å². The van der Waals surface area contributed by atoms with Crippen LogP contribution in [-0.4, -0.2) is 22.5 Å². The summed E-state index contributed by atoms with van der Waals surface area (Å²) in [7, 11) is 0. The zero-order valence-electron chi connectivity index (χ0n) is 11.8. The normalized spacial score (nSPS) is 22.5. The van der Waals surface area contributed by atoms with Gasteiger partial charge in [0.05, 0.1) is 12.3 Å². The van der Waals surface area contributed by atoms with Crippen LogP contribution >= 0.6 is 0 Å². The molecule has 0 amide bonds. The number of rotatable bonds is 3. The highest BCUT2D eigenvalue weighted by atomic mass is 16.5. The molecule has 2 unspecified atom stereocenters. The molecule has 1 saturated carbocycles. The average molecular weight is 263 g/mol. The van der Waals surface area contributed by atoms with Gasteiger partial charge in [0.2, 0.25) is 0 Å². The molecule has 5 nitrogen and oxygen atoms in total.